The molecule has 0 amide bonds. The molecular weight excluding hydrogens is 310 g/mol. The van der Waals surface area contributed by atoms with Gasteiger partial charge in [-0.2, -0.15) is 9.62 Å². The van der Waals surface area contributed by atoms with Crippen molar-refractivity contribution in [2.75, 3.05) is 0 Å². The molecule has 0 aromatic carbocycles. The van der Waals surface area contributed by atoms with Gasteiger partial charge >= 0.3 is 5.97 Å². The number of hydrogen-bond donors (Lipinski definition) is 1. The van der Waals surface area contributed by atoms with Gasteiger partial charge in [-0.1, -0.05) is 54.4 Å². The van der Waals surface area contributed by atoms with E-state index in [0.717, 1.165) is 4.73 Å². The average molecular weight is 333 g/mol. The van der Waals surface area contributed by atoms with Gasteiger partial charge in [0, 0.05) is 16.4 Å². The van der Waals surface area contributed by atoms with Crippen molar-refractivity contribution in [3.63, 3.8) is 0 Å². The molecule has 0 saturated heterocycles. The summed E-state index contributed by atoms with van der Waals surface area (Å²) in [6.45, 7) is 11.1. The number of carbonyl (C=O) groups excluding carboxylic acids is 1. The van der Waals surface area contributed by atoms with E-state index in [0.29, 0.717) is 17.0 Å². The number of terminal acetylenes is 2. The standard InChI is InChI=1S/C18H23NO5/c1-9-22-16(20)13-12(11-24-23-10-2)14(17(3,4)5)19(21)15(13)18(6,7)8/h1-2,21H,11H2,3-8H3. The summed E-state index contributed by atoms with van der Waals surface area (Å²) in [4.78, 5) is 21.8. The van der Waals surface area contributed by atoms with Crippen LogP contribution in [0.3, 0.4) is 0 Å². The Morgan fingerprint density at radius 1 is 1.08 bits per heavy atom. The number of esters is 1. The molecule has 0 aliphatic carbocycles. The number of carbonyl (C=O) groups is 1. The lowest BCUT2D eigenvalue weighted by molar-refractivity contribution is -0.247. The molecule has 1 heterocycles. The largest absolute Gasteiger partial charge is 0.428 e. The van der Waals surface area contributed by atoms with E-state index in [1.165, 1.54) is 0 Å². The summed E-state index contributed by atoms with van der Waals surface area (Å²) in [5.41, 5.74) is 0.337. The quantitative estimate of drug-likeness (QED) is 0.229. The van der Waals surface area contributed by atoms with E-state index in [9.17, 15) is 10.0 Å². The van der Waals surface area contributed by atoms with E-state index < -0.39 is 16.8 Å². The van der Waals surface area contributed by atoms with Crippen LogP contribution in [0.4, 0.5) is 0 Å². The zero-order valence-corrected chi connectivity index (χ0v) is 14.9. The van der Waals surface area contributed by atoms with Gasteiger partial charge in [-0.25, -0.2) is 4.79 Å². The molecule has 0 atom stereocenters. The lowest BCUT2D eigenvalue weighted by Gasteiger charge is -2.24. The Kier molecular flexibility index (Phi) is 5.60. The SMILES string of the molecule is C#COOCc1c(C(=O)OC#C)c(C(C)(C)C)n(O)c1C(C)(C)C. The van der Waals surface area contributed by atoms with E-state index in [-0.39, 0.29) is 12.2 Å². The predicted octanol–water partition coefficient (Wildman–Crippen LogP) is 3.11. The van der Waals surface area contributed by atoms with Gasteiger partial charge in [-0.3, -0.25) is 4.89 Å². The van der Waals surface area contributed by atoms with Crippen LogP contribution in [0.15, 0.2) is 0 Å². The fourth-order valence-corrected chi connectivity index (χ4v) is 2.66. The van der Waals surface area contributed by atoms with Crippen LogP contribution in [0.25, 0.3) is 0 Å². The number of nitrogens with zero attached hydrogens (tertiary/aromatic N) is 1. The third kappa shape index (κ3) is 3.84. The maximum Gasteiger partial charge on any atom is 0.354 e. The second-order valence-electron chi connectivity index (χ2n) is 7.33. The lowest BCUT2D eigenvalue weighted by Crippen LogP contribution is -2.23. The minimum absolute atomic E-state index is 0.147. The Bertz CT molecular complexity index is 702. The number of rotatable bonds is 4. The molecule has 1 N–H and O–H groups in total. The Morgan fingerprint density at radius 3 is 2.04 bits per heavy atom. The molecule has 0 radical (unpaired) electrons. The van der Waals surface area contributed by atoms with Crippen molar-refractivity contribution in [3.8, 4) is 25.1 Å². The van der Waals surface area contributed by atoms with Crippen LogP contribution in [-0.2, 0) is 31.9 Å². The van der Waals surface area contributed by atoms with Gasteiger partial charge in [-0.15, -0.1) is 0 Å². The lowest BCUT2D eigenvalue weighted by atomic mass is 9.86. The highest BCUT2D eigenvalue weighted by Crippen LogP contribution is 2.38. The van der Waals surface area contributed by atoms with Crippen LogP contribution in [0.2, 0.25) is 0 Å². The number of aromatic nitrogens is 1. The Hall–Kier alpha value is -2.57. The molecular formula is C18H23NO5. The van der Waals surface area contributed by atoms with Gasteiger partial charge in [0.25, 0.3) is 0 Å². The molecule has 1 aromatic heterocycles. The van der Waals surface area contributed by atoms with Gasteiger partial charge in [0.05, 0.1) is 17.0 Å². The highest BCUT2D eigenvalue weighted by atomic mass is 17.2. The summed E-state index contributed by atoms with van der Waals surface area (Å²) in [6, 6.07) is 0. The van der Waals surface area contributed by atoms with Crippen molar-refractivity contribution in [1.29, 1.82) is 0 Å². The fraction of sp³-hybridized carbons (Fsp3) is 0.500. The van der Waals surface area contributed by atoms with Crippen molar-refractivity contribution < 1.29 is 24.5 Å². The molecule has 0 aliphatic rings. The van der Waals surface area contributed by atoms with Crippen LogP contribution >= 0.6 is 0 Å². The van der Waals surface area contributed by atoms with Crippen molar-refractivity contribution in [2.24, 2.45) is 0 Å². The van der Waals surface area contributed by atoms with Crippen LogP contribution in [-0.4, -0.2) is 15.9 Å². The van der Waals surface area contributed by atoms with Crippen LogP contribution < -0.4 is 0 Å². The fourth-order valence-electron chi connectivity index (χ4n) is 2.66. The van der Waals surface area contributed by atoms with E-state index >= 15 is 0 Å². The number of hydrogen-bond acceptors (Lipinski definition) is 5. The Balaban J connectivity index is 3.76. The normalized spacial score (nSPS) is 11.5. The van der Waals surface area contributed by atoms with Crippen molar-refractivity contribution >= 4 is 5.97 Å². The number of ether oxygens (including phenoxy) is 1. The zero-order chi connectivity index (χ0) is 18.7. The first kappa shape index (κ1) is 19.5. The van der Waals surface area contributed by atoms with Crippen LogP contribution in [0, 0.1) is 25.1 Å². The first-order valence-electron chi connectivity index (χ1n) is 7.35. The maximum absolute atomic E-state index is 12.4. The van der Waals surface area contributed by atoms with Gasteiger partial charge < -0.3 is 9.94 Å². The summed E-state index contributed by atoms with van der Waals surface area (Å²) in [6.07, 6.45) is 13.8. The molecule has 1 aromatic rings. The summed E-state index contributed by atoms with van der Waals surface area (Å²) in [5, 5.41) is 10.8. The molecule has 0 saturated carbocycles. The van der Waals surface area contributed by atoms with E-state index in [2.05, 4.69) is 4.89 Å². The topological polar surface area (TPSA) is 69.9 Å². The van der Waals surface area contributed by atoms with Gasteiger partial charge in [0.2, 0.25) is 0 Å². The maximum atomic E-state index is 12.4. The summed E-state index contributed by atoms with van der Waals surface area (Å²) < 4.78 is 5.72. The molecule has 24 heavy (non-hydrogen) atoms. The smallest absolute Gasteiger partial charge is 0.354 e. The van der Waals surface area contributed by atoms with Gasteiger partial charge in [0.15, 0.2) is 6.11 Å². The monoisotopic (exact) mass is 333 g/mol. The third-order valence-electron chi connectivity index (χ3n) is 3.33. The van der Waals surface area contributed by atoms with Crippen molar-refractivity contribution in [2.45, 2.75) is 59.0 Å². The minimum atomic E-state index is -0.750. The summed E-state index contributed by atoms with van der Waals surface area (Å²) >= 11 is 0. The summed E-state index contributed by atoms with van der Waals surface area (Å²) in [5.74, 6) is -0.750. The second kappa shape index (κ2) is 6.90. The van der Waals surface area contributed by atoms with Crippen LogP contribution in [0.5, 0.6) is 0 Å². The summed E-state index contributed by atoms with van der Waals surface area (Å²) in [7, 11) is 0. The van der Waals surface area contributed by atoms with E-state index in [4.69, 9.17) is 22.5 Å². The molecule has 1 rings (SSSR count). The highest BCUT2D eigenvalue weighted by Gasteiger charge is 2.38. The van der Waals surface area contributed by atoms with Gasteiger partial charge in [-0.05, 0) is 0 Å². The molecule has 0 unspecified atom stereocenters. The molecule has 130 valence electrons. The second-order valence-corrected chi connectivity index (χ2v) is 7.33. The molecule has 0 fully saturated rings. The first-order chi connectivity index (χ1) is 11.0. The van der Waals surface area contributed by atoms with E-state index in [1.54, 1.807) is 0 Å². The molecule has 0 aliphatic heterocycles. The minimum Gasteiger partial charge on any atom is -0.428 e. The molecule has 6 nitrogen and oxygen atoms in total. The first-order valence-corrected chi connectivity index (χ1v) is 7.35. The third-order valence-corrected chi connectivity index (χ3v) is 3.33. The highest BCUT2D eigenvalue weighted by molar-refractivity contribution is 5.94. The van der Waals surface area contributed by atoms with Crippen LogP contribution in [0.1, 0.15) is 68.9 Å². The Labute approximate surface area is 142 Å². The van der Waals surface area contributed by atoms with Crippen molar-refractivity contribution in [3.05, 3.63) is 22.5 Å². The van der Waals surface area contributed by atoms with Crippen molar-refractivity contribution in [1.82, 2.24) is 4.73 Å². The Morgan fingerprint density at radius 2 is 1.62 bits per heavy atom. The average Bonchev–Trinajstić information content (AvgIpc) is 2.71. The molecule has 0 spiro atoms. The predicted molar refractivity (Wildman–Crippen MR) is 88.0 cm³/mol. The molecule has 6 heteroatoms. The van der Waals surface area contributed by atoms with Gasteiger partial charge in [0.1, 0.15) is 12.7 Å². The zero-order valence-electron chi connectivity index (χ0n) is 14.9. The van der Waals surface area contributed by atoms with E-state index in [1.807, 2.05) is 53.8 Å². The molecule has 0 bridgehead atoms.